The third kappa shape index (κ3) is 3.33. The van der Waals surface area contributed by atoms with Crippen LogP contribution in [0.25, 0.3) is 22.2 Å². The van der Waals surface area contributed by atoms with Crippen LogP contribution in [0.4, 0.5) is 4.39 Å². The molecule has 31 heavy (non-hydrogen) atoms. The summed E-state index contributed by atoms with van der Waals surface area (Å²) in [5.74, 6) is 2.65. The van der Waals surface area contributed by atoms with Crippen LogP contribution >= 0.6 is 0 Å². The van der Waals surface area contributed by atoms with Crippen molar-refractivity contribution in [3.8, 4) is 11.3 Å². The van der Waals surface area contributed by atoms with E-state index in [2.05, 4.69) is 23.2 Å². The van der Waals surface area contributed by atoms with Crippen molar-refractivity contribution in [2.75, 3.05) is 6.54 Å². The fraction of sp³-hybridized carbons (Fsp3) is 0.500. The summed E-state index contributed by atoms with van der Waals surface area (Å²) in [7, 11) is 0. The number of aromatic amines is 1. The van der Waals surface area contributed by atoms with Crippen LogP contribution in [0.2, 0.25) is 0 Å². The molecule has 3 N–H and O–H groups in total. The first kappa shape index (κ1) is 19.5. The van der Waals surface area contributed by atoms with E-state index in [0.717, 1.165) is 54.8 Å². The number of nitrogens with two attached hydrogens (primary N) is 1. The molecule has 0 radical (unpaired) electrons. The van der Waals surface area contributed by atoms with Gasteiger partial charge in [-0.15, -0.1) is 0 Å². The van der Waals surface area contributed by atoms with Gasteiger partial charge in [0, 0.05) is 22.2 Å². The van der Waals surface area contributed by atoms with Gasteiger partial charge in [-0.3, -0.25) is 0 Å². The van der Waals surface area contributed by atoms with Gasteiger partial charge >= 0.3 is 0 Å². The van der Waals surface area contributed by atoms with E-state index in [9.17, 15) is 4.39 Å². The molecule has 2 aromatic carbocycles. The highest BCUT2D eigenvalue weighted by Gasteiger charge is 2.51. The molecular formula is C28H33FN2. The quantitative estimate of drug-likeness (QED) is 0.430. The molecule has 0 unspecified atom stereocenters. The zero-order chi connectivity index (χ0) is 21.0. The van der Waals surface area contributed by atoms with E-state index in [0.29, 0.717) is 5.41 Å². The number of aromatic nitrogens is 1. The molecule has 0 atom stereocenters. The first-order valence-electron chi connectivity index (χ1n) is 12.2. The predicted molar refractivity (Wildman–Crippen MR) is 126 cm³/mol. The smallest absolute Gasteiger partial charge is 0.123 e. The monoisotopic (exact) mass is 416 g/mol. The summed E-state index contributed by atoms with van der Waals surface area (Å²) in [4.78, 5) is 3.64. The molecule has 3 aromatic rings. The zero-order valence-electron chi connectivity index (χ0n) is 18.3. The predicted octanol–water partition coefficient (Wildman–Crippen LogP) is 6.72. The highest BCUT2D eigenvalue weighted by atomic mass is 19.1. The molecule has 0 saturated heterocycles. The van der Waals surface area contributed by atoms with E-state index < -0.39 is 0 Å². The average molecular weight is 417 g/mol. The Balaban J connectivity index is 1.45. The van der Waals surface area contributed by atoms with Crippen LogP contribution in [0.1, 0.15) is 62.5 Å². The molecule has 4 bridgehead atoms. The summed E-state index contributed by atoms with van der Waals surface area (Å²) in [6, 6.07) is 14.2. The number of rotatable bonds is 6. The second-order valence-electron chi connectivity index (χ2n) is 10.7. The topological polar surface area (TPSA) is 41.8 Å². The summed E-state index contributed by atoms with van der Waals surface area (Å²) in [5, 5.41) is 1.34. The molecule has 1 heterocycles. The van der Waals surface area contributed by atoms with E-state index in [1.54, 1.807) is 17.7 Å². The minimum absolute atomic E-state index is 0.182. The van der Waals surface area contributed by atoms with Gasteiger partial charge in [0.05, 0.1) is 0 Å². The molecule has 162 valence electrons. The van der Waals surface area contributed by atoms with Gasteiger partial charge in [-0.1, -0.05) is 18.2 Å². The standard InChI is InChI=1S/C28H33FN2/c29-23-5-3-4-21(13-23)27-24(6-1-2-9-30)25-14-22(7-8-26(25)31-27)28-15-18-10-19(16-28)12-20(11-18)17-28/h3-5,7-8,13-14,18-20,31H,1-2,6,9-12,15-17,30H2. The number of fused-ring (bicyclic) bond motifs is 1. The maximum Gasteiger partial charge on any atom is 0.123 e. The molecule has 0 spiro atoms. The zero-order valence-corrected chi connectivity index (χ0v) is 18.3. The molecule has 4 aliphatic carbocycles. The number of nitrogens with one attached hydrogen (secondary N) is 1. The van der Waals surface area contributed by atoms with E-state index in [4.69, 9.17) is 5.73 Å². The molecule has 4 aliphatic rings. The fourth-order valence-corrected chi connectivity index (χ4v) is 7.64. The Morgan fingerprint density at radius 2 is 1.68 bits per heavy atom. The minimum atomic E-state index is -0.182. The Morgan fingerprint density at radius 1 is 0.935 bits per heavy atom. The van der Waals surface area contributed by atoms with Crippen LogP contribution in [0.15, 0.2) is 42.5 Å². The highest BCUT2D eigenvalue weighted by Crippen LogP contribution is 2.61. The van der Waals surface area contributed by atoms with Crippen molar-refractivity contribution in [1.82, 2.24) is 4.98 Å². The van der Waals surface area contributed by atoms with Crippen molar-refractivity contribution in [1.29, 1.82) is 0 Å². The third-order valence-corrected chi connectivity index (χ3v) is 8.55. The second-order valence-corrected chi connectivity index (χ2v) is 10.7. The van der Waals surface area contributed by atoms with Crippen LogP contribution in [-0.4, -0.2) is 11.5 Å². The van der Waals surface area contributed by atoms with Gasteiger partial charge in [0.2, 0.25) is 0 Å². The first-order chi connectivity index (χ1) is 15.1. The Bertz CT molecular complexity index is 1080. The molecule has 7 rings (SSSR count). The van der Waals surface area contributed by atoms with Crippen LogP contribution < -0.4 is 5.73 Å². The third-order valence-electron chi connectivity index (χ3n) is 8.55. The van der Waals surface area contributed by atoms with Gasteiger partial charge < -0.3 is 10.7 Å². The number of halogens is 1. The molecule has 3 heteroatoms. The molecule has 1 aromatic heterocycles. The summed E-state index contributed by atoms with van der Waals surface area (Å²) in [5.41, 5.74) is 12.3. The van der Waals surface area contributed by atoms with Crippen LogP contribution in [-0.2, 0) is 11.8 Å². The molecule has 4 fully saturated rings. The number of aryl methyl sites for hydroxylation is 1. The maximum absolute atomic E-state index is 14.0. The van der Waals surface area contributed by atoms with Gasteiger partial charge in [-0.25, -0.2) is 4.39 Å². The Kier molecular flexibility index (Phi) is 4.72. The normalized spacial score (nSPS) is 29.2. The number of unbranched alkanes of at least 4 members (excludes halogenated alkanes) is 1. The van der Waals surface area contributed by atoms with Crippen molar-refractivity contribution < 1.29 is 4.39 Å². The van der Waals surface area contributed by atoms with Gasteiger partial charge in [-0.2, -0.15) is 0 Å². The van der Waals surface area contributed by atoms with E-state index >= 15 is 0 Å². The number of benzene rings is 2. The molecule has 2 nitrogen and oxygen atoms in total. The van der Waals surface area contributed by atoms with Crippen molar-refractivity contribution in [3.63, 3.8) is 0 Å². The first-order valence-corrected chi connectivity index (χ1v) is 12.2. The minimum Gasteiger partial charge on any atom is -0.354 e. The van der Waals surface area contributed by atoms with E-state index in [1.165, 1.54) is 61.1 Å². The van der Waals surface area contributed by atoms with Crippen molar-refractivity contribution >= 4 is 10.9 Å². The van der Waals surface area contributed by atoms with Crippen molar-refractivity contribution in [2.24, 2.45) is 23.5 Å². The fourth-order valence-electron chi connectivity index (χ4n) is 7.64. The van der Waals surface area contributed by atoms with Gasteiger partial charge in [0.25, 0.3) is 0 Å². The van der Waals surface area contributed by atoms with Crippen LogP contribution in [0.3, 0.4) is 0 Å². The molecule has 0 aliphatic heterocycles. The SMILES string of the molecule is NCCCCc1c(-c2cccc(F)c2)[nH]c2ccc(C34CC5CC(CC(C5)C3)C4)cc12. The van der Waals surface area contributed by atoms with Gasteiger partial charge in [-0.05, 0) is 123 Å². The highest BCUT2D eigenvalue weighted by molar-refractivity contribution is 5.91. The lowest BCUT2D eigenvalue weighted by atomic mass is 9.48. The van der Waals surface area contributed by atoms with Gasteiger partial charge in [0.15, 0.2) is 0 Å². The molecule has 4 saturated carbocycles. The van der Waals surface area contributed by atoms with Crippen LogP contribution in [0, 0.1) is 23.6 Å². The lowest BCUT2D eigenvalue weighted by Gasteiger charge is -2.57. The molecular weight excluding hydrogens is 383 g/mol. The maximum atomic E-state index is 14.0. The average Bonchev–Trinajstić information content (AvgIpc) is 3.11. The van der Waals surface area contributed by atoms with E-state index in [-0.39, 0.29) is 5.82 Å². The summed E-state index contributed by atoms with van der Waals surface area (Å²) in [6.07, 6.45) is 11.6. The van der Waals surface area contributed by atoms with E-state index in [1.807, 2.05) is 6.07 Å². The number of H-pyrrole nitrogens is 1. The van der Waals surface area contributed by atoms with Crippen molar-refractivity contribution in [3.05, 3.63) is 59.4 Å². The lowest BCUT2D eigenvalue weighted by Crippen LogP contribution is -2.48. The summed E-state index contributed by atoms with van der Waals surface area (Å²) < 4.78 is 14.0. The Labute approximate surface area is 184 Å². The van der Waals surface area contributed by atoms with Crippen molar-refractivity contribution in [2.45, 2.75) is 63.2 Å². The number of hydrogen-bond acceptors (Lipinski definition) is 1. The lowest BCUT2D eigenvalue weighted by molar-refractivity contribution is -0.00513. The summed E-state index contributed by atoms with van der Waals surface area (Å²) in [6.45, 7) is 0.718. The Morgan fingerprint density at radius 3 is 2.35 bits per heavy atom. The largest absolute Gasteiger partial charge is 0.354 e. The summed E-state index contributed by atoms with van der Waals surface area (Å²) >= 11 is 0. The van der Waals surface area contributed by atoms with Gasteiger partial charge in [0.1, 0.15) is 5.82 Å². The molecule has 0 amide bonds. The van der Waals surface area contributed by atoms with Crippen LogP contribution in [0.5, 0.6) is 0 Å². The Hall–Kier alpha value is -2.13. The number of hydrogen-bond donors (Lipinski definition) is 2. The second kappa shape index (κ2) is 7.48.